The molecule has 1 heterocycles. The Morgan fingerprint density at radius 1 is 1.48 bits per heavy atom. The minimum atomic E-state index is -0.808. The van der Waals surface area contributed by atoms with Crippen molar-refractivity contribution in [3.05, 3.63) is 21.6 Å². The number of nitrogens with zero attached hydrogens (tertiary/aromatic N) is 2. The maximum absolute atomic E-state index is 12.5. The van der Waals surface area contributed by atoms with Gasteiger partial charge in [0.2, 0.25) is 5.91 Å². The number of anilines is 1. The number of aliphatic hydroxyl groups excluding tert-OH is 1. The molecule has 0 radical (unpaired) electrons. The highest BCUT2D eigenvalue weighted by Crippen LogP contribution is 2.61. The molecule has 1 amide bonds. The fourth-order valence-corrected chi connectivity index (χ4v) is 5.09. The van der Waals surface area contributed by atoms with Gasteiger partial charge < -0.3 is 20.5 Å². The van der Waals surface area contributed by atoms with Crippen LogP contribution in [0, 0.1) is 23.2 Å². The number of amides is 1. The quantitative estimate of drug-likeness (QED) is 0.581. The van der Waals surface area contributed by atoms with E-state index in [4.69, 9.17) is 16.3 Å². The first-order valence-electron chi connectivity index (χ1n) is 10.1. The molecule has 0 unspecified atom stereocenters. The Morgan fingerprint density at radius 2 is 2.21 bits per heavy atom. The van der Waals surface area contributed by atoms with Gasteiger partial charge in [-0.2, -0.15) is 5.10 Å². The van der Waals surface area contributed by atoms with Gasteiger partial charge in [-0.15, -0.1) is 0 Å². The molecule has 0 aromatic carbocycles. The van der Waals surface area contributed by atoms with E-state index in [-0.39, 0.29) is 30.8 Å². The Hall–Kier alpha value is -1.64. The molecule has 9 heteroatoms. The van der Waals surface area contributed by atoms with Crippen LogP contribution in [-0.2, 0) is 16.1 Å². The summed E-state index contributed by atoms with van der Waals surface area (Å²) in [6, 6.07) is 0.256. The first kappa shape index (κ1) is 22.1. The fourth-order valence-electron chi connectivity index (χ4n) is 4.89. The summed E-state index contributed by atoms with van der Waals surface area (Å²) in [5, 5.41) is 19.7. The molecule has 8 nitrogen and oxygen atoms in total. The van der Waals surface area contributed by atoms with Crippen molar-refractivity contribution in [2.45, 2.75) is 52.3 Å². The average Bonchev–Trinajstić information content (AvgIpc) is 2.67. The summed E-state index contributed by atoms with van der Waals surface area (Å²) in [4.78, 5) is 24.6. The van der Waals surface area contributed by atoms with Crippen LogP contribution in [0.25, 0.3) is 0 Å². The summed E-state index contributed by atoms with van der Waals surface area (Å²) in [5.41, 5.74) is 0.380. The molecule has 162 valence electrons. The van der Waals surface area contributed by atoms with Crippen LogP contribution >= 0.6 is 11.6 Å². The molecule has 0 spiro atoms. The number of rotatable bonds is 8. The van der Waals surface area contributed by atoms with Gasteiger partial charge in [0.15, 0.2) is 0 Å². The van der Waals surface area contributed by atoms with E-state index in [0.29, 0.717) is 28.9 Å². The lowest BCUT2D eigenvalue weighted by Gasteiger charge is -2.62. The molecule has 2 bridgehead atoms. The predicted octanol–water partition coefficient (Wildman–Crippen LogP) is 1.50. The van der Waals surface area contributed by atoms with Crippen LogP contribution in [0.1, 0.15) is 33.6 Å². The maximum Gasteiger partial charge on any atom is 0.288 e. The van der Waals surface area contributed by atoms with E-state index in [9.17, 15) is 14.7 Å². The van der Waals surface area contributed by atoms with Crippen LogP contribution in [0.2, 0.25) is 5.02 Å². The molecular formula is C20H31ClN4O4. The van der Waals surface area contributed by atoms with Crippen LogP contribution in [0.15, 0.2) is 11.0 Å². The number of fused-ring (bicyclic) bond motifs is 2. The molecular weight excluding hydrogens is 396 g/mol. The van der Waals surface area contributed by atoms with Crippen LogP contribution in [-0.4, -0.2) is 53.2 Å². The number of ether oxygens (including phenoxy) is 1. The number of hydrogen-bond acceptors (Lipinski definition) is 6. The zero-order valence-corrected chi connectivity index (χ0v) is 18.2. The van der Waals surface area contributed by atoms with Crippen molar-refractivity contribution in [1.82, 2.24) is 15.1 Å². The Bertz CT molecular complexity index is 812. The highest BCUT2D eigenvalue weighted by Gasteiger charge is 2.56. The molecule has 1 aromatic heterocycles. The zero-order valence-electron chi connectivity index (χ0n) is 17.4. The van der Waals surface area contributed by atoms with Crippen LogP contribution in [0.3, 0.4) is 0 Å². The Labute approximate surface area is 176 Å². The van der Waals surface area contributed by atoms with Crippen molar-refractivity contribution in [3.63, 3.8) is 0 Å². The summed E-state index contributed by atoms with van der Waals surface area (Å²) in [7, 11) is 1.46. The van der Waals surface area contributed by atoms with E-state index in [1.165, 1.54) is 19.7 Å². The third kappa shape index (κ3) is 4.44. The number of hydrogen-bond donors (Lipinski definition) is 3. The molecule has 0 saturated heterocycles. The number of halogens is 1. The number of nitrogens with one attached hydrogen (secondary N) is 2. The summed E-state index contributed by atoms with van der Waals surface area (Å²) >= 11 is 6.30. The average molecular weight is 427 g/mol. The standard InChI is InChI=1S/C20H31ClN4O4/c1-11-14-5-12(20(14,2)3)6-15(11)24-16-8-23-25(19(28)18(16)21)9-17(27)22-7-13(26)10-29-4/h8,11-15,24,26H,5-7,9-10H2,1-4H3,(H,22,27)/t11-,12+,13+,14-,15-/m1/s1. The highest BCUT2D eigenvalue weighted by atomic mass is 35.5. The number of aliphatic hydroxyl groups is 1. The first-order chi connectivity index (χ1) is 13.6. The second kappa shape index (κ2) is 8.62. The molecule has 29 heavy (non-hydrogen) atoms. The van der Waals surface area contributed by atoms with Crippen molar-refractivity contribution >= 4 is 23.2 Å². The van der Waals surface area contributed by atoms with Crippen molar-refractivity contribution in [1.29, 1.82) is 0 Å². The summed E-state index contributed by atoms with van der Waals surface area (Å²) in [6.07, 6.45) is 3.02. The minimum absolute atomic E-state index is 0.0348. The molecule has 3 saturated carbocycles. The monoisotopic (exact) mass is 426 g/mol. The fraction of sp³-hybridized carbons (Fsp3) is 0.750. The number of carbonyl (C=O) groups is 1. The normalized spacial score (nSPS) is 28.3. The van der Waals surface area contributed by atoms with E-state index in [0.717, 1.165) is 11.1 Å². The molecule has 3 N–H and O–H groups in total. The lowest BCUT2D eigenvalue weighted by Crippen LogP contribution is -2.58. The maximum atomic E-state index is 12.5. The van der Waals surface area contributed by atoms with Gasteiger partial charge in [0, 0.05) is 19.7 Å². The molecule has 3 fully saturated rings. The van der Waals surface area contributed by atoms with Crippen LogP contribution < -0.4 is 16.2 Å². The van der Waals surface area contributed by atoms with Crippen LogP contribution in [0.5, 0.6) is 0 Å². The number of carbonyl (C=O) groups excluding carboxylic acids is 1. The topological polar surface area (TPSA) is 105 Å². The molecule has 3 aliphatic carbocycles. The lowest BCUT2D eigenvalue weighted by atomic mass is 9.45. The minimum Gasteiger partial charge on any atom is -0.389 e. The van der Waals surface area contributed by atoms with Crippen molar-refractivity contribution in [2.75, 3.05) is 25.6 Å². The van der Waals surface area contributed by atoms with Gasteiger partial charge in [-0.1, -0.05) is 32.4 Å². The van der Waals surface area contributed by atoms with Crippen molar-refractivity contribution < 1.29 is 14.6 Å². The summed E-state index contributed by atoms with van der Waals surface area (Å²) in [5.74, 6) is 1.40. The third-order valence-corrected chi connectivity index (χ3v) is 7.23. The van der Waals surface area contributed by atoms with Gasteiger partial charge in [-0.25, -0.2) is 4.68 Å². The van der Waals surface area contributed by atoms with Gasteiger partial charge in [0.05, 0.1) is 24.6 Å². The first-order valence-corrected chi connectivity index (χ1v) is 10.5. The van der Waals surface area contributed by atoms with Gasteiger partial charge in [-0.05, 0) is 36.0 Å². The third-order valence-electron chi connectivity index (χ3n) is 6.87. The van der Waals surface area contributed by atoms with Gasteiger partial charge in [0.25, 0.3) is 5.56 Å². The van der Waals surface area contributed by atoms with E-state index in [1.807, 2.05) is 0 Å². The Balaban J connectivity index is 1.61. The Kier molecular flexibility index (Phi) is 6.55. The predicted molar refractivity (Wildman–Crippen MR) is 111 cm³/mol. The van der Waals surface area contributed by atoms with E-state index in [1.54, 1.807) is 0 Å². The smallest absolute Gasteiger partial charge is 0.288 e. The van der Waals surface area contributed by atoms with Gasteiger partial charge in [0.1, 0.15) is 11.6 Å². The molecule has 5 atom stereocenters. The number of methoxy groups -OCH3 is 1. The largest absolute Gasteiger partial charge is 0.389 e. The number of aromatic nitrogens is 2. The lowest BCUT2D eigenvalue weighted by molar-refractivity contribution is -0.122. The van der Waals surface area contributed by atoms with E-state index < -0.39 is 17.6 Å². The zero-order chi connectivity index (χ0) is 21.3. The Morgan fingerprint density at radius 3 is 2.83 bits per heavy atom. The second-order valence-electron chi connectivity index (χ2n) is 8.95. The summed E-state index contributed by atoms with van der Waals surface area (Å²) < 4.78 is 5.82. The summed E-state index contributed by atoms with van der Waals surface area (Å²) in [6.45, 7) is 6.82. The second-order valence-corrected chi connectivity index (χ2v) is 9.33. The molecule has 3 aliphatic rings. The highest BCUT2D eigenvalue weighted by molar-refractivity contribution is 6.32. The van der Waals surface area contributed by atoms with Crippen molar-refractivity contribution in [3.8, 4) is 0 Å². The van der Waals surface area contributed by atoms with Crippen molar-refractivity contribution in [2.24, 2.45) is 23.2 Å². The van der Waals surface area contributed by atoms with Gasteiger partial charge in [-0.3, -0.25) is 9.59 Å². The van der Waals surface area contributed by atoms with E-state index in [2.05, 4.69) is 36.5 Å². The molecule has 0 aliphatic heterocycles. The SMILES string of the molecule is COC[C@@H](O)CNC(=O)Cn1ncc(N[C@@H]2C[C@@H]3C[C@H]([C@H]2C)C3(C)C)c(Cl)c1=O. The van der Waals surface area contributed by atoms with E-state index >= 15 is 0 Å². The molecule has 4 rings (SSSR count). The molecule has 1 aromatic rings. The van der Waals surface area contributed by atoms with Gasteiger partial charge >= 0.3 is 0 Å². The van der Waals surface area contributed by atoms with Crippen LogP contribution in [0.4, 0.5) is 5.69 Å².